The number of hydrogen-bond donors (Lipinski definition) is 2. The zero-order valence-corrected chi connectivity index (χ0v) is 22.8. The summed E-state index contributed by atoms with van der Waals surface area (Å²) in [6.07, 6.45) is 4.12. The lowest BCUT2D eigenvalue weighted by atomic mass is 9.46. The lowest BCUT2D eigenvalue weighted by Gasteiger charge is -2.63. The van der Waals surface area contributed by atoms with Gasteiger partial charge in [0.1, 0.15) is 6.10 Å². The number of rotatable bonds is 3. The van der Waals surface area contributed by atoms with Crippen molar-refractivity contribution in [2.45, 2.75) is 75.4 Å². The van der Waals surface area contributed by atoms with E-state index in [9.17, 15) is 24.6 Å². The van der Waals surface area contributed by atoms with Gasteiger partial charge in [0.05, 0.1) is 10.4 Å². The Labute approximate surface area is 223 Å². The smallest absolute Gasteiger partial charge is 0.351 e. The molecule has 0 aromatic heterocycles. The first-order valence-electron chi connectivity index (χ1n) is 12.2. The van der Waals surface area contributed by atoms with Gasteiger partial charge in [-0.1, -0.05) is 25.5 Å². The molecular weight excluding hydrogens is 583 g/mol. The van der Waals surface area contributed by atoms with E-state index in [4.69, 9.17) is 16.3 Å². The van der Waals surface area contributed by atoms with Crippen LogP contribution in [0.2, 0.25) is 0 Å². The van der Waals surface area contributed by atoms with Gasteiger partial charge >= 0.3 is 11.9 Å². The van der Waals surface area contributed by atoms with Crippen LogP contribution in [-0.2, 0) is 14.3 Å². The van der Waals surface area contributed by atoms with Gasteiger partial charge < -0.3 is 14.9 Å². The third-order valence-electron chi connectivity index (χ3n) is 9.88. The molecule has 2 N–H and O–H groups in total. The summed E-state index contributed by atoms with van der Waals surface area (Å²) in [7, 11) is 0. The maximum atomic E-state index is 13.2. The van der Waals surface area contributed by atoms with Gasteiger partial charge in [0.25, 0.3) is 0 Å². The molecule has 6 nitrogen and oxygen atoms in total. The largest absolute Gasteiger partial charge is 0.478 e. The van der Waals surface area contributed by atoms with Crippen molar-refractivity contribution < 1.29 is 29.3 Å². The van der Waals surface area contributed by atoms with Crippen LogP contribution in [0.3, 0.4) is 0 Å². The molecule has 8 heteroatoms. The summed E-state index contributed by atoms with van der Waals surface area (Å²) in [6, 6.07) is 6.78. The molecule has 4 aliphatic rings. The van der Waals surface area contributed by atoms with Crippen molar-refractivity contribution >= 4 is 51.9 Å². The first-order valence-corrected chi connectivity index (χ1v) is 13.7. The Morgan fingerprint density at radius 3 is 2.57 bits per heavy atom. The van der Waals surface area contributed by atoms with Crippen molar-refractivity contribution in [1.29, 1.82) is 0 Å². The quantitative estimate of drug-likeness (QED) is 0.279. The van der Waals surface area contributed by atoms with E-state index in [1.165, 1.54) is 0 Å². The Balaban J connectivity index is 1.54. The average Bonchev–Trinajstić information content (AvgIpc) is 3.02. The van der Waals surface area contributed by atoms with E-state index in [-0.39, 0.29) is 35.0 Å². The number of carboxylic acids is 1. The van der Waals surface area contributed by atoms with Gasteiger partial charge in [-0.25, -0.2) is 9.59 Å². The number of aliphatic carboxylic acids is 1. The lowest BCUT2D eigenvalue weighted by molar-refractivity contribution is -0.194. The molecule has 35 heavy (non-hydrogen) atoms. The summed E-state index contributed by atoms with van der Waals surface area (Å²) < 4.78 is 6.68. The fourth-order valence-electron chi connectivity index (χ4n) is 7.89. The predicted molar refractivity (Wildman–Crippen MR) is 138 cm³/mol. The third kappa shape index (κ3) is 3.33. The summed E-state index contributed by atoms with van der Waals surface area (Å²) in [6.45, 7) is 3.98. The minimum atomic E-state index is -2.06. The summed E-state index contributed by atoms with van der Waals surface area (Å²) in [5.41, 5.74) is -2.05. The molecule has 1 unspecified atom stereocenters. The van der Waals surface area contributed by atoms with Crippen LogP contribution in [0.25, 0.3) is 0 Å². The van der Waals surface area contributed by atoms with E-state index in [1.807, 2.05) is 13.0 Å². The molecule has 7 atom stereocenters. The number of alkyl halides is 1. The molecule has 5 rings (SSSR count). The summed E-state index contributed by atoms with van der Waals surface area (Å²) >= 11 is 9.60. The van der Waals surface area contributed by atoms with Crippen LogP contribution in [0.15, 0.2) is 35.9 Å². The molecule has 0 saturated heterocycles. The van der Waals surface area contributed by atoms with E-state index < -0.39 is 33.9 Å². The average molecular weight is 613 g/mol. The molecule has 4 aliphatic carbocycles. The number of benzene rings is 1. The molecule has 0 amide bonds. The van der Waals surface area contributed by atoms with Crippen molar-refractivity contribution in [3.8, 4) is 0 Å². The van der Waals surface area contributed by atoms with Gasteiger partial charge in [-0.05, 0) is 97.2 Å². The van der Waals surface area contributed by atoms with E-state index in [0.29, 0.717) is 32.1 Å². The number of hydrogen-bond acceptors (Lipinski definition) is 5. The van der Waals surface area contributed by atoms with Crippen LogP contribution in [0.1, 0.15) is 69.2 Å². The van der Waals surface area contributed by atoms with Crippen molar-refractivity contribution in [2.24, 2.45) is 22.7 Å². The first kappa shape index (κ1) is 25.2. The highest BCUT2D eigenvalue weighted by molar-refractivity contribution is 14.1. The molecule has 0 heterocycles. The number of carboxylic acid groups (broad SMARTS) is 1. The number of esters is 1. The van der Waals surface area contributed by atoms with Gasteiger partial charge in [-0.2, -0.15) is 0 Å². The fourth-order valence-corrected chi connectivity index (χ4v) is 9.01. The molecular formula is C27H30ClIO6. The second-order valence-corrected chi connectivity index (χ2v) is 13.1. The second kappa shape index (κ2) is 8.28. The number of ether oxygens (including phenoxy) is 1. The van der Waals surface area contributed by atoms with Crippen LogP contribution in [-0.4, -0.2) is 44.5 Å². The highest BCUT2D eigenvalue weighted by Gasteiger charge is 2.75. The maximum absolute atomic E-state index is 13.2. The number of ketones is 1. The number of carbonyl (C=O) groups is 3. The fraction of sp³-hybridized carbons (Fsp3) is 0.593. The molecule has 0 aliphatic heterocycles. The highest BCUT2D eigenvalue weighted by Crippen LogP contribution is 2.71. The van der Waals surface area contributed by atoms with Gasteiger partial charge in [0.2, 0.25) is 5.60 Å². The van der Waals surface area contributed by atoms with Gasteiger partial charge in [-0.15, -0.1) is 11.6 Å². The van der Waals surface area contributed by atoms with Gasteiger partial charge in [0.15, 0.2) is 5.78 Å². The summed E-state index contributed by atoms with van der Waals surface area (Å²) in [4.78, 5) is 37.5. The van der Waals surface area contributed by atoms with E-state index in [1.54, 1.807) is 24.3 Å². The number of aliphatic hydroxyl groups excluding tert-OH is 1. The van der Waals surface area contributed by atoms with Crippen molar-refractivity contribution in [3.05, 3.63) is 45.0 Å². The predicted octanol–water partition coefficient (Wildman–Crippen LogP) is 5.14. The Morgan fingerprint density at radius 1 is 1.14 bits per heavy atom. The number of aliphatic hydroxyl groups is 1. The molecule has 3 saturated carbocycles. The number of carbonyl (C=O) groups excluding carboxylic acids is 2. The normalized spacial score (nSPS) is 42.4. The van der Waals surface area contributed by atoms with Crippen molar-refractivity contribution in [3.63, 3.8) is 0 Å². The van der Waals surface area contributed by atoms with E-state index in [2.05, 4.69) is 29.5 Å². The van der Waals surface area contributed by atoms with Crippen LogP contribution >= 0.6 is 34.2 Å². The molecule has 0 radical (unpaired) electrons. The number of halogens is 2. The minimum Gasteiger partial charge on any atom is -0.478 e. The monoisotopic (exact) mass is 612 g/mol. The van der Waals surface area contributed by atoms with Crippen LogP contribution in [0, 0.1) is 26.2 Å². The molecule has 0 bridgehead atoms. The Kier molecular flexibility index (Phi) is 5.96. The summed E-state index contributed by atoms with van der Waals surface area (Å²) in [5.74, 6) is -2.23. The molecule has 1 aromatic carbocycles. The molecule has 0 spiro atoms. The van der Waals surface area contributed by atoms with E-state index in [0.717, 1.165) is 15.6 Å². The Morgan fingerprint density at radius 2 is 1.89 bits per heavy atom. The van der Waals surface area contributed by atoms with Gasteiger partial charge in [-0.3, -0.25) is 4.79 Å². The van der Waals surface area contributed by atoms with E-state index >= 15 is 0 Å². The Bertz CT molecular complexity index is 1150. The molecule has 3 fully saturated rings. The van der Waals surface area contributed by atoms with Crippen molar-refractivity contribution in [2.75, 3.05) is 0 Å². The lowest BCUT2D eigenvalue weighted by Crippen LogP contribution is -2.65. The Hall–Kier alpha value is -1.45. The minimum absolute atomic E-state index is 0.0643. The SMILES string of the molecule is C[C@]12CCC(=O)C=C1CC[C@H]1[C@@H]3C[C@@H](O)[C@](OC(=O)c4cccc(I)c4)(C(=O)O)[C@@]3(C)CCC12Cl. The number of allylic oxidation sites excluding steroid dienone is 1. The van der Waals surface area contributed by atoms with Crippen molar-refractivity contribution in [1.82, 2.24) is 0 Å². The molecule has 188 valence electrons. The first-order chi connectivity index (χ1) is 16.4. The number of fused-ring (bicyclic) bond motifs is 5. The zero-order valence-electron chi connectivity index (χ0n) is 19.9. The second-order valence-electron chi connectivity index (χ2n) is 11.2. The topological polar surface area (TPSA) is 101 Å². The highest BCUT2D eigenvalue weighted by atomic mass is 127. The molecule has 1 aromatic rings. The van der Waals surface area contributed by atoms with Crippen LogP contribution in [0.4, 0.5) is 0 Å². The third-order valence-corrected chi connectivity index (χ3v) is 11.4. The van der Waals surface area contributed by atoms with Crippen LogP contribution < -0.4 is 0 Å². The van der Waals surface area contributed by atoms with Gasteiger partial charge in [0, 0.05) is 20.8 Å². The maximum Gasteiger partial charge on any atom is 0.351 e. The zero-order chi connectivity index (χ0) is 25.4. The standard InChI is InChI=1S/C27H30ClIO6/c1-24-9-8-18(30)13-16(24)6-7-19-20-14-21(31)27(23(33)34,25(20,2)10-11-26(19,24)28)35-22(32)15-4-3-5-17(29)12-15/h3-5,12-13,19-21,31H,6-11,14H2,1-2H3,(H,33,34)/t19-,20-,21+,24-,25-,26?,27-/m0/s1. The van der Waals surface area contributed by atoms with Crippen LogP contribution in [0.5, 0.6) is 0 Å². The summed E-state index contributed by atoms with van der Waals surface area (Å²) in [5, 5.41) is 21.8.